The van der Waals surface area contributed by atoms with E-state index in [9.17, 15) is 9.59 Å². The number of rotatable bonds is 7. The minimum Gasteiger partial charge on any atom is -0.496 e. The summed E-state index contributed by atoms with van der Waals surface area (Å²) in [5.41, 5.74) is 1.73. The third kappa shape index (κ3) is 3.43. The molecule has 3 rings (SSSR count). The van der Waals surface area contributed by atoms with E-state index in [1.54, 1.807) is 12.1 Å². The summed E-state index contributed by atoms with van der Waals surface area (Å²) in [5.74, 6) is -0.394. The van der Waals surface area contributed by atoms with Crippen molar-refractivity contribution in [3.63, 3.8) is 0 Å². The van der Waals surface area contributed by atoms with E-state index < -0.39 is 11.4 Å². The van der Waals surface area contributed by atoms with Crippen LogP contribution in [0.25, 0.3) is 0 Å². The Morgan fingerprint density at radius 1 is 1.15 bits per heavy atom. The summed E-state index contributed by atoms with van der Waals surface area (Å²) in [6.45, 7) is 0.482. The molecule has 0 atom stereocenters. The smallest absolute Gasteiger partial charge is 0.335 e. The number of benzene rings is 2. The number of carbonyl (C=O) groups is 2. The fourth-order valence-electron chi connectivity index (χ4n) is 3.50. The van der Waals surface area contributed by atoms with Gasteiger partial charge in [-0.3, -0.25) is 4.79 Å². The molecule has 1 amide bonds. The lowest BCUT2D eigenvalue weighted by Crippen LogP contribution is -2.49. The van der Waals surface area contributed by atoms with Crippen molar-refractivity contribution in [2.24, 2.45) is 0 Å². The van der Waals surface area contributed by atoms with Crippen LogP contribution in [0.2, 0.25) is 0 Å². The molecule has 0 spiro atoms. The van der Waals surface area contributed by atoms with Gasteiger partial charge in [-0.15, -0.1) is 0 Å². The number of ether oxygens (including phenoxy) is 1. The van der Waals surface area contributed by atoms with Gasteiger partial charge < -0.3 is 15.2 Å². The van der Waals surface area contributed by atoms with Gasteiger partial charge in [-0.1, -0.05) is 42.8 Å². The molecule has 5 heteroatoms. The molecule has 0 radical (unpaired) electrons. The van der Waals surface area contributed by atoms with E-state index in [1.165, 1.54) is 13.2 Å². The first-order chi connectivity index (χ1) is 12.6. The van der Waals surface area contributed by atoms with E-state index in [0.717, 1.165) is 30.4 Å². The molecular formula is C21H23NO4. The minimum absolute atomic E-state index is 0.0658. The van der Waals surface area contributed by atoms with Crippen LogP contribution in [0.1, 0.15) is 40.7 Å². The first kappa shape index (κ1) is 18.0. The van der Waals surface area contributed by atoms with Gasteiger partial charge in [0, 0.05) is 6.54 Å². The molecule has 1 fully saturated rings. The molecule has 0 aliphatic heterocycles. The van der Waals surface area contributed by atoms with Gasteiger partial charge in [0.15, 0.2) is 0 Å². The van der Waals surface area contributed by atoms with Crippen molar-refractivity contribution in [2.45, 2.75) is 31.1 Å². The van der Waals surface area contributed by atoms with E-state index >= 15 is 0 Å². The topological polar surface area (TPSA) is 75.6 Å². The molecule has 0 aromatic heterocycles. The van der Waals surface area contributed by atoms with Crippen LogP contribution in [-0.4, -0.2) is 30.6 Å². The lowest BCUT2D eigenvalue weighted by atomic mass is 9.64. The second-order valence-corrected chi connectivity index (χ2v) is 6.64. The summed E-state index contributed by atoms with van der Waals surface area (Å²) in [4.78, 5) is 23.9. The van der Waals surface area contributed by atoms with Gasteiger partial charge in [-0.25, -0.2) is 4.79 Å². The zero-order chi connectivity index (χ0) is 18.6. The highest BCUT2D eigenvalue weighted by molar-refractivity contribution is 5.89. The standard InChI is InChI=1S/C21H23NO4/c1-26-18-14-16(19(23)24)9-8-15(18)10-13-22-20(25)21(11-5-12-21)17-6-3-2-4-7-17/h2-4,6-9,14H,5,10-13H2,1H3,(H,22,25)(H,23,24). The Morgan fingerprint density at radius 3 is 2.46 bits per heavy atom. The predicted molar refractivity (Wildman–Crippen MR) is 98.6 cm³/mol. The first-order valence-corrected chi connectivity index (χ1v) is 8.81. The Hall–Kier alpha value is -2.82. The highest BCUT2D eigenvalue weighted by atomic mass is 16.5. The number of hydrogen-bond donors (Lipinski definition) is 2. The molecule has 1 aliphatic carbocycles. The van der Waals surface area contributed by atoms with Crippen LogP contribution in [0.15, 0.2) is 48.5 Å². The number of carboxylic acid groups (broad SMARTS) is 1. The number of methoxy groups -OCH3 is 1. The van der Waals surface area contributed by atoms with Gasteiger partial charge in [-0.05, 0) is 42.5 Å². The summed E-state index contributed by atoms with van der Waals surface area (Å²) < 4.78 is 5.29. The number of aromatic carboxylic acids is 1. The van der Waals surface area contributed by atoms with Crippen molar-refractivity contribution >= 4 is 11.9 Å². The van der Waals surface area contributed by atoms with Gasteiger partial charge in [0.25, 0.3) is 0 Å². The number of amides is 1. The fraction of sp³-hybridized carbons (Fsp3) is 0.333. The van der Waals surface area contributed by atoms with Crippen LogP contribution in [0, 0.1) is 0 Å². The third-order valence-corrected chi connectivity index (χ3v) is 5.18. The summed E-state index contributed by atoms with van der Waals surface area (Å²) >= 11 is 0. The second-order valence-electron chi connectivity index (χ2n) is 6.64. The van der Waals surface area contributed by atoms with Crippen LogP contribution in [0.3, 0.4) is 0 Å². The molecule has 0 heterocycles. The zero-order valence-electron chi connectivity index (χ0n) is 14.8. The average Bonchev–Trinajstić information content (AvgIpc) is 2.61. The van der Waals surface area contributed by atoms with Gasteiger partial charge >= 0.3 is 5.97 Å². The maximum absolute atomic E-state index is 12.8. The van der Waals surface area contributed by atoms with Gasteiger partial charge in [-0.2, -0.15) is 0 Å². The number of nitrogens with one attached hydrogen (secondary N) is 1. The molecular weight excluding hydrogens is 330 g/mol. The van der Waals surface area contributed by atoms with Gasteiger partial charge in [0.05, 0.1) is 18.1 Å². The number of carbonyl (C=O) groups excluding carboxylic acids is 1. The SMILES string of the molecule is COc1cc(C(=O)O)ccc1CCNC(=O)C1(c2ccccc2)CCC1. The van der Waals surface area contributed by atoms with Crippen molar-refractivity contribution in [1.82, 2.24) is 5.32 Å². The minimum atomic E-state index is -0.988. The largest absolute Gasteiger partial charge is 0.496 e. The van der Waals surface area contributed by atoms with E-state index in [2.05, 4.69) is 5.32 Å². The van der Waals surface area contributed by atoms with Crippen molar-refractivity contribution in [2.75, 3.05) is 13.7 Å². The van der Waals surface area contributed by atoms with E-state index in [0.29, 0.717) is 18.7 Å². The molecule has 5 nitrogen and oxygen atoms in total. The lowest BCUT2D eigenvalue weighted by molar-refractivity contribution is -0.129. The molecule has 0 bridgehead atoms. The normalized spacial score (nSPS) is 15.0. The summed E-state index contributed by atoms with van der Waals surface area (Å²) in [6, 6.07) is 14.7. The maximum atomic E-state index is 12.8. The molecule has 1 saturated carbocycles. The van der Waals surface area contributed by atoms with Crippen molar-refractivity contribution < 1.29 is 19.4 Å². The first-order valence-electron chi connectivity index (χ1n) is 8.81. The number of carboxylic acids is 1. The molecule has 136 valence electrons. The molecule has 1 aliphatic rings. The molecule has 2 N–H and O–H groups in total. The zero-order valence-corrected chi connectivity index (χ0v) is 14.8. The molecule has 0 saturated heterocycles. The van der Waals surface area contributed by atoms with Crippen LogP contribution in [0.4, 0.5) is 0 Å². The van der Waals surface area contributed by atoms with Crippen LogP contribution < -0.4 is 10.1 Å². The van der Waals surface area contributed by atoms with Crippen molar-refractivity contribution in [3.05, 3.63) is 65.2 Å². The molecule has 0 unspecified atom stereocenters. The third-order valence-electron chi connectivity index (χ3n) is 5.18. The van der Waals surface area contributed by atoms with Crippen LogP contribution >= 0.6 is 0 Å². The highest BCUT2D eigenvalue weighted by Crippen LogP contribution is 2.43. The fourth-order valence-corrected chi connectivity index (χ4v) is 3.50. The van der Waals surface area contributed by atoms with Crippen molar-refractivity contribution in [3.8, 4) is 5.75 Å². The van der Waals surface area contributed by atoms with Crippen LogP contribution in [-0.2, 0) is 16.6 Å². The maximum Gasteiger partial charge on any atom is 0.335 e. The van der Waals surface area contributed by atoms with Gasteiger partial charge in [0.2, 0.25) is 5.91 Å². The number of hydrogen-bond acceptors (Lipinski definition) is 3. The quantitative estimate of drug-likeness (QED) is 0.802. The Bertz CT molecular complexity index is 797. The molecule has 26 heavy (non-hydrogen) atoms. The lowest BCUT2D eigenvalue weighted by Gasteiger charge is -2.40. The Labute approximate surface area is 153 Å². The van der Waals surface area contributed by atoms with E-state index in [1.807, 2.05) is 30.3 Å². The Kier molecular flexibility index (Phi) is 5.26. The summed E-state index contributed by atoms with van der Waals surface area (Å²) in [7, 11) is 1.52. The Morgan fingerprint density at radius 2 is 1.88 bits per heavy atom. The highest BCUT2D eigenvalue weighted by Gasteiger charge is 2.45. The van der Waals surface area contributed by atoms with E-state index in [4.69, 9.17) is 9.84 Å². The molecule has 2 aromatic carbocycles. The van der Waals surface area contributed by atoms with Crippen LogP contribution in [0.5, 0.6) is 5.75 Å². The second kappa shape index (κ2) is 7.60. The monoisotopic (exact) mass is 353 g/mol. The summed E-state index contributed by atoms with van der Waals surface area (Å²) in [6.07, 6.45) is 3.39. The van der Waals surface area contributed by atoms with E-state index in [-0.39, 0.29) is 11.5 Å². The van der Waals surface area contributed by atoms with Crippen molar-refractivity contribution in [1.29, 1.82) is 0 Å². The molecule has 2 aromatic rings. The predicted octanol–water partition coefficient (Wildman–Crippen LogP) is 3.17. The average molecular weight is 353 g/mol. The summed E-state index contributed by atoms with van der Waals surface area (Å²) in [5, 5.41) is 12.1. The Balaban J connectivity index is 1.64. The van der Waals surface area contributed by atoms with Gasteiger partial charge in [0.1, 0.15) is 5.75 Å².